The predicted octanol–water partition coefficient (Wildman–Crippen LogP) is 2.62. The average Bonchev–Trinajstić information content (AvgIpc) is 3.15. The van der Waals surface area contributed by atoms with Gasteiger partial charge in [-0.2, -0.15) is 4.98 Å². The number of imidazole rings is 1. The van der Waals surface area contributed by atoms with Crippen molar-refractivity contribution in [1.29, 1.82) is 0 Å². The van der Waals surface area contributed by atoms with E-state index in [1.807, 2.05) is 38.6 Å². The minimum atomic E-state index is -0.504. The van der Waals surface area contributed by atoms with Crippen molar-refractivity contribution in [2.45, 2.75) is 32.8 Å². The first kappa shape index (κ1) is 22.1. The number of carbonyl (C=O) groups is 2. The van der Waals surface area contributed by atoms with Crippen LogP contribution in [0.5, 0.6) is 0 Å². The van der Waals surface area contributed by atoms with Crippen LogP contribution in [0.25, 0.3) is 0 Å². The monoisotopic (exact) mass is 406 g/mol. The van der Waals surface area contributed by atoms with E-state index in [1.54, 1.807) is 23.9 Å². The Morgan fingerprint density at radius 2 is 1.86 bits per heavy atom. The molecule has 0 bridgehead atoms. The summed E-state index contributed by atoms with van der Waals surface area (Å²) >= 11 is 0. The van der Waals surface area contributed by atoms with Gasteiger partial charge < -0.3 is 34.6 Å². The van der Waals surface area contributed by atoms with Crippen molar-refractivity contribution in [2.75, 3.05) is 30.8 Å². The molecule has 0 aliphatic rings. The third kappa shape index (κ3) is 6.74. The lowest BCUT2D eigenvalue weighted by Gasteiger charge is -2.19. The molecular weight excluding hydrogens is 376 g/mol. The van der Waals surface area contributed by atoms with Gasteiger partial charge in [-0.25, -0.2) is 9.59 Å². The maximum absolute atomic E-state index is 11.7. The zero-order valence-corrected chi connectivity index (χ0v) is 17.8. The Morgan fingerprint density at radius 1 is 1.14 bits per heavy atom. The molecule has 10 heteroatoms. The molecule has 2 heterocycles. The van der Waals surface area contributed by atoms with E-state index >= 15 is 0 Å². The number of nitrogens with zero attached hydrogens (tertiary/aromatic N) is 3. The minimum Gasteiger partial charge on any atom is -0.464 e. The van der Waals surface area contributed by atoms with Crippen LogP contribution >= 0.6 is 0 Å². The van der Waals surface area contributed by atoms with Gasteiger partial charge in [-0.05, 0) is 33.3 Å². The number of ether oxygens (including phenoxy) is 2. The smallest absolute Gasteiger partial charge is 0.407 e. The summed E-state index contributed by atoms with van der Waals surface area (Å²) in [5.41, 5.74) is 0.672. The Morgan fingerprint density at radius 3 is 2.52 bits per heavy atom. The molecule has 160 valence electrons. The summed E-state index contributed by atoms with van der Waals surface area (Å²) in [7, 11) is 4.99. The highest BCUT2D eigenvalue weighted by molar-refractivity contribution is 5.89. The topological polar surface area (TPSA) is 111 Å². The van der Waals surface area contributed by atoms with Gasteiger partial charge in [-0.15, -0.1) is 0 Å². The average molecular weight is 406 g/mol. The Kier molecular flexibility index (Phi) is 7.13. The molecule has 0 radical (unpaired) electrons. The molecule has 0 fully saturated rings. The minimum absolute atomic E-state index is 0.400. The van der Waals surface area contributed by atoms with E-state index in [4.69, 9.17) is 9.47 Å². The molecule has 2 aromatic rings. The first-order valence-corrected chi connectivity index (χ1v) is 9.35. The predicted molar refractivity (Wildman–Crippen MR) is 111 cm³/mol. The van der Waals surface area contributed by atoms with Crippen molar-refractivity contribution in [3.05, 3.63) is 24.2 Å². The number of rotatable bonds is 8. The Balaban J connectivity index is 1.82. The molecule has 0 spiro atoms. The van der Waals surface area contributed by atoms with Crippen molar-refractivity contribution >= 4 is 29.5 Å². The third-order valence-electron chi connectivity index (χ3n) is 3.86. The highest BCUT2D eigenvalue weighted by atomic mass is 16.6. The van der Waals surface area contributed by atoms with Crippen LogP contribution < -0.4 is 16.0 Å². The van der Waals surface area contributed by atoms with Crippen LogP contribution in [0.3, 0.4) is 0 Å². The fourth-order valence-corrected chi connectivity index (χ4v) is 2.55. The van der Waals surface area contributed by atoms with E-state index in [9.17, 15) is 9.59 Å². The number of aromatic nitrogens is 3. The van der Waals surface area contributed by atoms with E-state index in [1.165, 1.54) is 7.11 Å². The number of amides is 1. The SMILES string of the molecule is COC(=O)c1cc(Nc2nc(NCCCNC(=O)OC(C)(C)C)cn2C)cn1C. The number of nitrogens with one attached hydrogen (secondary N) is 3. The van der Waals surface area contributed by atoms with Crippen molar-refractivity contribution in [3.8, 4) is 0 Å². The standard InChI is InChI=1S/C19H30N6O4/c1-19(2,3)29-18(27)21-9-7-8-20-15-12-25(5)17(23-15)22-13-10-14(16(26)28-6)24(4)11-13/h10-12,20H,7-9H2,1-6H3,(H,21,27)(H,22,23). The molecule has 0 aromatic carbocycles. The largest absolute Gasteiger partial charge is 0.464 e. The van der Waals surface area contributed by atoms with Crippen LogP contribution in [0.2, 0.25) is 0 Å². The van der Waals surface area contributed by atoms with Crippen molar-refractivity contribution in [3.63, 3.8) is 0 Å². The van der Waals surface area contributed by atoms with Crippen LogP contribution in [0.4, 0.5) is 22.2 Å². The number of aryl methyl sites for hydroxylation is 2. The molecule has 0 atom stereocenters. The van der Waals surface area contributed by atoms with Gasteiger partial charge in [0.25, 0.3) is 0 Å². The second-order valence-corrected chi connectivity index (χ2v) is 7.61. The third-order valence-corrected chi connectivity index (χ3v) is 3.86. The van der Waals surface area contributed by atoms with E-state index in [-0.39, 0.29) is 0 Å². The Bertz CT molecular complexity index is 849. The number of anilines is 3. The van der Waals surface area contributed by atoms with E-state index < -0.39 is 17.7 Å². The molecule has 29 heavy (non-hydrogen) atoms. The van der Waals surface area contributed by atoms with Crippen LogP contribution in [0.15, 0.2) is 18.5 Å². The molecule has 0 aliphatic heterocycles. The van der Waals surface area contributed by atoms with Gasteiger partial charge >= 0.3 is 12.1 Å². The first-order chi connectivity index (χ1) is 13.6. The number of methoxy groups -OCH3 is 1. The van der Waals surface area contributed by atoms with Crippen molar-refractivity contribution in [1.82, 2.24) is 19.4 Å². The zero-order valence-electron chi connectivity index (χ0n) is 17.8. The Labute approximate surface area is 170 Å². The van der Waals surface area contributed by atoms with Crippen LogP contribution in [0, 0.1) is 0 Å². The fraction of sp³-hybridized carbons (Fsp3) is 0.526. The summed E-state index contributed by atoms with van der Waals surface area (Å²) in [5, 5.41) is 9.11. The molecule has 3 N–H and O–H groups in total. The Hall–Kier alpha value is -3.17. The lowest BCUT2D eigenvalue weighted by atomic mass is 10.2. The summed E-state index contributed by atoms with van der Waals surface area (Å²) < 4.78 is 13.5. The highest BCUT2D eigenvalue weighted by Crippen LogP contribution is 2.20. The van der Waals surface area contributed by atoms with Crippen LogP contribution in [-0.2, 0) is 23.6 Å². The second kappa shape index (κ2) is 9.35. The van der Waals surface area contributed by atoms with Crippen molar-refractivity contribution < 1.29 is 19.1 Å². The summed E-state index contributed by atoms with van der Waals surface area (Å²) in [6, 6.07) is 1.70. The molecule has 0 aliphatic carbocycles. The molecular formula is C19H30N6O4. The van der Waals surface area contributed by atoms with Crippen molar-refractivity contribution in [2.24, 2.45) is 14.1 Å². The van der Waals surface area contributed by atoms with E-state index in [2.05, 4.69) is 20.9 Å². The maximum Gasteiger partial charge on any atom is 0.407 e. The van der Waals surface area contributed by atoms with Crippen LogP contribution in [-0.4, -0.2) is 52.0 Å². The molecule has 2 aromatic heterocycles. The van der Waals surface area contributed by atoms with Gasteiger partial charge in [0.1, 0.15) is 17.1 Å². The molecule has 2 rings (SSSR count). The quantitative estimate of drug-likeness (QED) is 0.456. The van der Waals surface area contributed by atoms with Gasteiger partial charge in [-0.1, -0.05) is 0 Å². The number of alkyl carbamates (subject to hydrolysis) is 1. The highest BCUT2D eigenvalue weighted by Gasteiger charge is 2.15. The van der Waals surface area contributed by atoms with E-state index in [0.717, 1.165) is 12.1 Å². The normalized spacial score (nSPS) is 11.1. The van der Waals surface area contributed by atoms with Gasteiger partial charge in [0, 0.05) is 39.6 Å². The molecule has 1 amide bonds. The molecule has 0 unspecified atom stereocenters. The zero-order chi connectivity index (χ0) is 21.6. The number of hydrogen-bond acceptors (Lipinski definition) is 7. The summed E-state index contributed by atoms with van der Waals surface area (Å²) in [4.78, 5) is 27.8. The lowest BCUT2D eigenvalue weighted by Crippen LogP contribution is -2.33. The van der Waals surface area contributed by atoms with Crippen LogP contribution in [0.1, 0.15) is 37.7 Å². The first-order valence-electron chi connectivity index (χ1n) is 9.35. The lowest BCUT2D eigenvalue weighted by molar-refractivity contribution is 0.0526. The molecule has 0 saturated heterocycles. The van der Waals surface area contributed by atoms with Gasteiger partial charge in [0.15, 0.2) is 0 Å². The van der Waals surface area contributed by atoms with Gasteiger partial charge in [-0.3, -0.25) is 0 Å². The summed E-state index contributed by atoms with van der Waals surface area (Å²) in [6.07, 6.45) is 3.94. The second-order valence-electron chi connectivity index (χ2n) is 7.61. The molecule has 0 saturated carbocycles. The van der Waals surface area contributed by atoms with E-state index in [0.29, 0.717) is 30.5 Å². The van der Waals surface area contributed by atoms with Gasteiger partial charge in [0.2, 0.25) is 5.95 Å². The number of hydrogen-bond donors (Lipinski definition) is 3. The maximum atomic E-state index is 11.7. The summed E-state index contributed by atoms with van der Waals surface area (Å²) in [5.74, 6) is 0.931. The van der Waals surface area contributed by atoms with Gasteiger partial charge in [0.05, 0.1) is 12.8 Å². The fourth-order valence-electron chi connectivity index (χ4n) is 2.55. The number of carbonyl (C=O) groups excluding carboxylic acids is 2. The number of esters is 1. The summed E-state index contributed by atoms with van der Waals surface area (Å²) in [6.45, 7) is 6.62. The molecule has 10 nitrogen and oxygen atoms in total.